The SMILES string of the molecule is Cc1cc(N)c(-c2cccs2)cc1N(CCO)CCO. The molecule has 4 N–H and O–H groups in total. The van der Waals surface area contributed by atoms with Crippen molar-refractivity contribution in [1.29, 1.82) is 0 Å². The Morgan fingerprint density at radius 1 is 1.20 bits per heavy atom. The molecule has 0 aliphatic rings. The van der Waals surface area contributed by atoms with Crippen LogP contribution in [0.15, 0.2) is 29.6 Å². The lowest BCUT2D eigenvalue weighted by Crippen LogP contribution is -2.30. The number of thiophene rings is 1. The van der Waals surface area contributed by atoms with E-state index in [9.17, 15) is 10.2 Å². The van der Waals surface area contributed by atoms with Gasteiger partial charge < -0.3 is 20.8 Å². The van der Waals surface area contributed by atoms with Gasteiger partial charge in [0.05, 0.1) is 13.2 Å². The molecule has 108 valence electrons. The summed E-state index contributed by atoms with van der Waals surface area (Å²) in [5, 5.41) is 20.4. The average Bonchev–Trinajstić information content (AvgIpc) is 2.92. The summed E-state index contributed by atoms with van der Waals surface area (Å²) >= 11 is 1.65. The topological polar surface area (TPSA) is 69.7 Å². The van der Waals surface area contributed by atoms with E-state index >= 15 is 0 Å². The van der Waals surface area contributed by atoms with Crippen LogP contribution in [0.4, 0.5) is 11.4 Å². The highest BCUT2D eigenvalue weighted by molar-refractivity contribution is 7.13. The van der Waals surface area contributed by atoms with E-state index in [1.807, 2.05) is 41.5 Å². The van der Waals surface area contributed by atoms with Crippen LogP contribution in [0.3, 0.4) is 0 Å². The second-order valence-electron chi connectivity index (χ2n) is 4.64. The summed E-state index contributed by atoms with van der Waals surface area (Å²) in [5.74, 6) is 0. The molecule has 1 aromatic carbocycles. The predicted molar refractivity (Wildman–Crippen MR) is 85.3 cm³/mol. The zero-order chi connectivity index (χ0) is 14.5. The maximum Gasteiger partial charge on any atom is 0.0606 e. The van der Waals surface area contributed by atoms with Gasteiger partial charge in [0.25, 0.3) is 0 Å². The quantitative estimate of drug-likeness (QED) is 0.713. The van der Waals surface area contributed by atoms with Crippen LogP contribution in [0.25, 0.3) is 10.4 Å². The molecule has 0 bridgehead atoms. The Kier molecular flexibility index (Phi) is 5.00. The first-order chi connectivity index (χ1) is 9.67. The third-order valence-electron chi connectivity index (χ3n) is 3.24. The van der Waals surface area contributed by atoms with E-state index < -0.39 is 0 Å². The van der Waals surface area contributed by atoms with Crippen molar-refractivity contribution in [3.05, 3.63) is 35.2 Å². The van der Waals surface area contributed by atoms with Gasteiger partial charge in [0.15, 0.2) is 0 Å². The first-order valence-electron chi connectivity index (χ1n) is 6.58. The van der Waals surface area contributed by atoms with Crippen LogP contribution in [-0.4, -0.2) is 36.5 Å². The monoisotopic (exact) mass is 292 g/mol. The van der Waals surface area contributed by atoms with Crippen LogP contribution < -0.4 is 10.6 Å². The van der Waals surface area contributed by atoms with Crippen molar-refractivity contribution in [3.63, 3.8) is 0 Å². The molecule has 20 heavy (non-hydrogen) atoms. The molecule has 0 unspecified atom stereocenters. The number of anilines is 2. The molecule has 0 spiro atoms. The highest BCUT2D eigenvalue weighted by Gasteiger charge is 2.13. The number of hydrogen-bond donors (Lipinski definition) is 3. The van der Waals surface area contributed by atoms with Crippen molar-refractivity contribution >= 4 is 22.7 Å². The van der Waals surface area contributed by atoms with Crippen molar-refractivity contribution in [2.75, 3.05) is 36.9 Å². The van der Waals surface area contributed by atoms with E-state index in [4.69, 9.17) is 5.73 Å². The number of nitrogens with two attached hydrogens (primary N) is 1. The minimum absolute atomic E-state index is 0.0537. The number of rotatable bonds is 6. The molecule has 0 aliphatic heterocycles. The molecule has 0 aliphatic carbocycles. The Hall–Kier alpha value is -1.56. The fourth-order valence-electron chi connectivity index (χ4n) is 2.30. The van der Waals surface area contributed by atoms with Crippen molar-refractivity contribution < 1.29 is 10.2 Å². The van der Waals surface area contributed by atoms with Crippen LogP contribution in [0.2, 0.25) is 0 Å². The van der Waals surface area contributed by atoms with Crippen LogP contribution >= 0.6 is 11.3 Å². The lowest BCUT2D eigenvalue weighted by atomic mass is 10.1. The van der Waals surface area contributed by atoms with Crippen LogP contribution in [0.5, 0.6) is 0 Å². The van der Waals surface area contributed by atoms with Gasteiger partial charge in [-0.1, -0.05) is 6.07 Å². The zero-order valence-corrected chi connectivity index (χ0v) is 12.4. The van der Waals surface area contributed by atoms with E-state index in [0.29, 0.717) is 13.1 Å². The maximum absolute atomic E-state index is 9.18. The molecule has 5 heteroatoms. The van der Waals surface area contributed by atoms with Gasteiger partial charge in [-0.2, -0.15) is 0 Å². The van der Waals surface area contributed by atoms with Crippen LogP contribution in [0.1, 0.15) is 5.56 Å². The Labute approximate surface area is 123 Å². The number of nitrogen functional groups attached to an aromatic ring is 1. The molecule has 0 saturated heterocycles. The van der Waals surface area contributed by atoms with Gasteiger partial charge in [0.2, 0.25) is 0 Å². The smallest absolute Gasteiger partial charge is 0.0606 e. The average molecular weight is 292 g/mol. The molecule has 4 nitrogen and oxygen atoms in total. The number of nitrogens with zero attached hydrogens (tertiary/aromatic N) is 1. The second-order valence-corrected chi connectivity index (χ2v) is 5.59. The highest BCUT2D eigenvalue weighted by atomic mass is 32.1. The lowest BCUT2D eigenvalue weighted by Gasteiger charge is -2.26. The highest BCUT2D eigenvalue weighted by Crippen LogP contribution is 2.35. The third-order valence-corrected chi connectivity index (χ3v) is 4.14. The summed E-state index contributed by atoms with van der Waals surface area (Å²) in [5.41, 5.74) is 9.92. The molecule has 2 aromatic rings. The summed E-state index contributed by atoms with van der Waals surface area (Å²) in [6.07, 6.45) is 0. The summed E-state index contributed by atoms with van der Waals surface area (Å²) in [6.45, 7) is 3.09. The third kappa shape index (κ3) is 3.12. The maximum atomic E-state index is 9.18. The van der Waals surface area contributed by atoms with Gasteiger partial charge in [0, 0.05) is 34.9 Å². The van der Waals surface area contributed by atoms with Crippen LogP contribution in [-0.2, 0) is 0 Å². The fraction of sp³-hybridized carbons (Fsp3) is 0.333. The zero-order valence-electron chi connectivity index (χ0n) is 11.5. The Morgan fingerprint density at radius 2 is 1.90 bits per heavy atom. The minimum atomic E-state index is 0.0537. The van der Waals surface area contributed by atoms with Crippen molar-refractivity contribution in [1.82, 2.24) is 0 Å². The molecule has 0 radical (unpaired) electrons. The van der Waals surface area contributed by atoms with Crippen molar-refractivity contribution in [2.24, 2.45) is 0 Å². The Balaban J connectivity index is 2.44. The molecule has 0 fully saturated rings. The van der Waals surface area contributed by atoms with Gasteiger partial charge in [-0.05, 0) is 36.1 Å². The van der Waals surface area contributed by atoms with E-state index in [1.54, 1.807) is 11.3 Å². The normalized spacial score (nSPS) is 10.8. The summed E-state index contributed by atoms with van der Waals surface area (Å²) in [4.78, 5) is 3.10. The first-order valence-corrected chi connectivity index (χ1v) is 7.46. The van der Waals surface area contributed by atoms with Gasteiger partial charge >= 0.3 is 0 Å². The van der Waals surface area contributed by atoms with E-state index in [0.717, 1.165) is 27.4 Å². The molecular formula is C15H20N2O2S. The summed E-state index contributed by atoms with van der Waals surface area (Å²) in [6, 6.07) is 8.03. The molecule has 0 atom stereocenters. The molecule has 0 amide bonds. The summed E-state index contributed by atoms with van der Waals surface area (Å²) < 4.78 is 0. The largest absolute Gasteiger partial charge is 0.398 e. The number of aryl methyl sites for hydroxylation is 1. The molecule has 0 saturated carbocycles. The molecule has 1 aromatic heterocycles. The predicted octanol–water partition coefficient (Wildman–Crippen LogP) is 2.10. The molecule has 2 rings (SSSR count). The van der Waals surface area contributed by atoms with E-state index in [1.165, 1.54) is 0 Å². The Bertz CT molecular complexity index is 549. The van der Waals surface area contributed by atoms with Gasteiger partial charge in [-0.25, -0.2) is 0 Å². The molecule has 1 heterocycles. The Morgan fingerprint density at radius 3 is 2.45 bits per heavy atom. The standard InChI is InChI=1S/C15H20N2O2S/c1-11-9-13(16)12(15-3-2-8-20-15)10-14(11)17(4-6-18)5-7-19/h2-3,8-10,18-19H,4-7,16H2,1H3. The van der Waals surface area contributed by atoms with Gasteiger partial charge in [0.1, 0.15) is 0 Å². The summed E-state index contributed by atoms with van der Waals surface area (Å²) in [7, 11) is 0. The number of benzene rings is 1. The van der Waals surface area contributed by atoms with Crippen LogP contribution in [0, 0.1) is 6.92 Å². The number of aliphatic hydroxyl groups is 2. The lowest BCUT2D eigenvalue weighted by molar-refractivity contribution is 0.281. The van der Waals surface area contributed by atoms with Gasteiger partial charge in [-0.15, -0.1) is 11.3 Å². The number of aliphatic hydroxyl groups excluding tert-OH is 2. The molecular weight excluding hydrogens is 272 g/mol. The minimum Gasteiger partial charge on any atom is -0.398 e. The van der Waals surface area contributed by atoms with Gasteiger partial charge in [-0.3, -0.25) is 0 Å². The van der Waals surface area contributed by atoms with Crippen molar-refractivity contribution in [3.8, 4) is 10.4 Å². The number of hydrogen-bond acceptors (Lipinski definition) is 5. The van der Waals surface area contributed by atoms with Crippen molar-refractivity contribution in [2.45, 2.75) is 6.92 Å². The fourth-order valence-corrected chi connectivity index (χ4v) is 3.06. The second kappa shape index (κ2) is 6.74. The van der Waals surface area contributed by atoms with E-state index in [2.05, 4.69) is 0 Å². The first kappa shape index (κ1) is 14.8. The van der Waals surface area contributed by atoms with E-state index in [-0.39, 0.29) is 13.2 Å².